The van der Waals surface area contributed by atoms with Gasteiger partial charge in [0.2, 0.25) is 5.91 Å². The molecule has 1 fully saturated rings. The Morgan fingerprint density at radius 1 is 1.17 bits per heavy atom. The Bertz CT molecular complexity index is 1110. The summed E-state index contributed by atoms with van der Waals surface area (Å²) in [6, 6.07) is 8.98. The third-order valence-electron chi connectivity index (χ3n) is 5.07. The molecule has 1 aliphatic heterocycles. The SMILES string of the molecule is COC(=O)c1cc(NS(=O)(=O)c2ccc3c(c2)CCN3C(=O)C2CC2)ccc1Cl. The molecule has 2 aliphatic rings. The number of anilines is 2. The molecule has 1 aliphatic carbocycles. The quantitative estimate of drug-likeness (QED) is 0.729. The van der Waals surface area contributed by atoms with Gasteiger partial charge in [-0.25, -0.2) is 13.2 Å². The Morgan fingerprint density at radius 2 is 1.93 bits per heavy atom. The molecule has 1 saturated carbocycles. The number of carbonyl (C=O) groups is 2. The van der Waals surface area contributed by atoms with Gasteiger partial charge >= 0.3 is 5.97 Å². The molecule has 0 atom stereocenters. The first-order valence-corrected chi connectivity index (χ1v) is 11.0. The second kappa shape index (κ2) is 7.35. The summed E-state index contributed by atoms with van der Waals surface area (Å²) in [5, 5.41) is 0.165. The molecule has 2 aromatic carbocycles. The van der Waals surface area contributed by atoms with E-state index in [1.54, 1.807) is 17.0 Å². The van der Waals surface area contributed by atoms with Crippen LogP contribution in [0.25, 0.3) is 0 Å². The van der Waals surface area contributed by atoms with Crippen LogP contribution in [0.5, 0.6) is 0 Å². The van der Waals surface area contributed by atoms with Crippen LogP contribution in [0.1, 0.15) is 28.8 Å². The number of rotatable bonds is 5. The zero-order chi connectivity index (χ0) is 20.8. The number of amides is 1. The lowest BCUT2D eigenvalue weighted by Gasteiger charge is -2.17. The summed E-state index contributed by atoms with van der Waals surface area (Å²) in [6.07, 6.45) is 2.47. The highest BCUT2D eigenvalue weighted by Crippen LogP contribution is 2.37. The molecule has 0 radical (unpaired) electrons. The second-order valence-electron chi connectivity index (χ2n) is 7.10. The number of sulfonamides is 1. The van der Waals surface area contributed by atoms with Crippen LogP contribution in [0.4, 0.5) is 11.4 Å². The number of benzene rings is 2. The molecule has 152 valence electrons. The molecule has 1 heterocycles. The normalized spacial score (nSPS) is 15.7. The summed E-state index contributed by atoms with van der Waals surface area (Å²) < 4.78 is 32.8. The Balaban J connectivity index is 1.59. The Morgan fingerprint density at radius 3 is 2.62 bits per heavy atom. The molecule has 0 unspecified atom stereocenters. The number of hydrogen-bond donors (Lipinski definition) is 1. The van der Waals surface area contributed by atoms with Crippen molar-refractivity contribution in [2.45, 2.75) is 24.2 Å². The van der Waals surface area contributed by atoms with Crippen LogP contribution in [-0.2, 0) is 26.0 Å². The first kappa shape index (κ1) is 19.7. The van der Waals surface area contributed by atoms with Gasteiger partial charge in [-0.05, 0) is 61.2 Å². The van der Waals surface area contributed by atoms with Gasteiger partial charge in [-0.1, -0.05) is 11.6 Å². The molecule has 0 bridgehead atoms. The van der Waals surface area contributed by atoms with Crippen molar-refractivity contribution in [3.05, 3.63) is 52.5 Å². The summed E-state index contributed by atoms with van der Waals surface area (Å²) >= 11 is 5.98. The number of esters is 1. The molecular formula is C20H19ClN2O5S. The zero-order valence-electron chi connectivity index (χ0n) is 15.6. The number of nitrogens with zero attached hydrogens (tertiary/aromatic N) is 1. The maximum atomic E-state index is 12.8. The van der Waals surface area contributed by atoms with E-state index in [0.29, 0.717) is 13.0 Å². The lowest BCUT2D eigenvalue weighted by molar-refractivity contribution is -0.119. The van der Waals surface area contributed by atoms with Crippen LogP contribution in [0.3, 0.4) is 0 Å². The van der Waals surface area contributed by atoms with Gasteiger partial charge in [0.25, 0.3) is 10.0 Å². The topological polar surface area (TPSA) is 92.8 Å². The van der Waals surface area contributed by atoms with Crippen molar-refractivity contribution >= 4 is 44.9 Å². The highest BCUT2D eigenvalue weighted by Gasteiger charge is 2.36. The van der Waals surface area contributed by atoms with E-state index in [1.165, 1.54) is 31.4 Å². The predicted octanol–water partition coefficient (Wildman–Crippen LogP) is 3.23. The van der Waals surface area contributed by atoms with Crippen LogP contribution >= 0.6 is 11.6 Å². The van der Waals surface area contributed by atoms with Crippen molar-refractivity contribution in [1.82, 2.24) is 0 Å². The van der Waals surface area contributed by atoms with Crippen LogP contribution in [0, 0.1) is 5.92 Å². The molecule has 0 aromatic heterocycles. The zero-order valence-corrected chi connectivity index (χ0v) is 17.2. The van der Waals surface area contributed by atoms with Gasteiger partial charge < -0.3 is 9.64 Å². The first-order valence-electron chi connectivity index (χ1n) is 9.15. The van der Waals surface area contributed by atoms with E-state index >= 15 is 0 Å². The molecule has 0 saturated heterocycles. The van der Waals surface area contributed by atoms with E-state index in [9.17, 15) is 18.0 Å². The average Bonchev–Trinajstić information content (AvgIpc) is 3.47. The fourth-order valence-electron chi connectivity index (χ4n) is 3.39. The molecule has 9 heteroatoms. The van der Waals surface area contributed by atoms with Gasteiger partial charge in [0.05, 0.1) is 22.6 Å². The highest BCUT2D eigenvalue weighted by molar-refractivity contribution is 7.92. The monoisotopic (exact) mass is 434 g/mol. The third kappa shape index (κ3) is 3.82. The lowest BCUT2D eigenvalue weighted by Crippen LogP contribution is -2.30. The number of carbonyl (C=O) groups excluding carboxylic acids is 2. The molecule has 2 aromatic rings. The Hall–Kier alpha value is -2.58. The van der Waals surface area contributed by atoms with Gasteiger partial charge in [0.15, 0.2) is 0 Å². The molecule has 0 spiro atoms. The van der Waals surface area contributed by atoms with E-state index in [1.807, 2.05) is 0 Å². The van der Waals surface area contributed by atoms with Gasteiger partial charge in [-0.3, -0.25) is 9.52 Å². The Labute approximate surface area is 173 Å². The summed E-state index contributed by atoms with van der Waals surface area (Å²) in [4.78, 5) is 26.0. The molecule has 1 amide bonds. The van der Waals surface area contributed by atoms with E-state index < -0.39 is 16.0 Å². The van der Waals surface area contributed by atoms with Crippen LogP contribution in [0.2, 0.25) is 5.02 Å². The largest absolute Gasteiger partial charge is 0.465 e. The minimum atomic E-state index is -3.89. The maximum Gasteiger partial charge on any atom is 0.339 e. The van der Waals surface area contributed by atoms with Crippen LogP contribution < -0.4 is 9.62 Å². The number of nitrogens with one attached hydrogen (secondary N) is 1. The summed E-state index contributed by atoms with van der Waals surface area (Å²) in [7, 11) is -2.67. The molecular weight excluding hydrogens is 416 g/mol. The number of ether oxygens (including phenoxy) is 1. The van der Waals surface area contributed by atoms with Gasteiger partial charge in [0.1, 0.15) is 0 Å². The number of fused-ring (bicyclic) bond motifs is 1. The summed E-state index contributed by atoms with van der Waals surface area (Å²) in [5.41, 5.74) is 1.87. The van der Waals surface area contributed by atoms with Gasteiger partial charge in [-0.15, -0.1) is 0 Å². The minimum absolute atomic E-state index is 0.0672. The second-order valence-corrected chi connectivity index (χ2v) is 9.19. The highest BCUT2D eigenvalue weighted by atomic mass is 35.5. The fourth-order valence-corrected chi connectivity index (χ4v) is 4.69. The fraction of sp³-hybridized carbons (Fsp3) is 0.300. The van der Waals surface area contributed by atoms with Crippen molar-refractivity contribution in [2.75, 3.05) is 23.3 Å². The van der Waals surface area contributed by atoms with Crippen molar-refractivity contribution < 1.29 is 22.7 Å². The van der Waals surface area contributed by atoms with Crippen LogP contribution in [-0.4, -0.2) is 33.9 Å². The lowest BCUT2D eigenvalue weighted by atomic mass is 10.2. The first-order chi connectivity index (χ1) is 13.8. The smallest absolute Gasteiger partial charge is 0.339 e. The number of methoxy groups -OCH3 is 1. The Kier molecular flexibility index (Phi) is 5.00. The number of hydrogen-bond acceptors (Lipinski definition) is 5. The summed E-state index contributed by atoms with van der Waals surface area (Å²) in [6.45, 7) is 0.571. The van der Waals surface area contributed by atoms with E-state index in [2.05, 4.69) is 9.46 Å². The van der Waals surface area contributed by atoms with Crippen molar-refractivity contribution in [2.24, 2.45) is 5.92 Å². The maximum absolute atomic E-state index is 12.8. The number of halogens is 1. The molecule has 7 nitrogen and oxygen atoms in total. The van der Waals surface area contributed by atoms with Crippen LogP contribution in [0.15, 0.2) is 41.3 Å². The van der Waals surface area contributed by atoms with Gasteiger partial charge in [0, 0.05) is 23.8 Å². The minimum Gasteiger partial charge on any atom is -0.465 e. The molecule has 4 rings (SSSR count). The van der Waals surface area contributed by atoms with Crippen molar-refractivity contribution in [1.29, 1.82) is 0 Å². The van der Waals surface area contributed by atoms with E-state index in [4.69, 9.17) is 11.6 Å². The average molecular weight is 435 g/mol. The molecule has 1 N–H and O–H groups in total. The van der Waals surface area contributed by atoms with Gasteiger partial charge in [-0.2, -0.15) is 0 Å². The standard InChI is InChI=1S/C20H19ClN2O5S/c1-28-20(25)16-11-14(4-6-17(16)21)22-29(26,27)15-5-7-18-13(10-15)8-9-23(18)19(24)12-2-3-12/h4-7,10-12,22H,2-3,8-9H2,1H3. The summed E-state index contributed by atoms with van der Waals surface area (Å²) in [5.74, 6) is -0.428. The third-order valence-corrected chi connectivity index (χ3v) is 6.78. The van der Waals surface area contributed by atoms with Crippen molar-refractivity contribution in [3.63, 3.8) is 0 Å². The predicted molar refractivity (Wildman–Crippen MR) is 109 cm³/mol. The van der Waals surface area contributed by atoms with E-state index in [-0.39, 0.29) is 33.0 Å². The van der Waals surface area contributed by atoms with Crippen molar-refractivity contribution in [3.8, 4) is 0 Å². The van der Waals surface area contributed by atoms with E-state index in [0.717, 1.165) is 24.1 Å². The molecule has 29 heavy (non-hydrogen) atoms.